The number of anilines is 1. The molecule has 20 heavy (non-hydrogen) atoms. The molecule has 0 amide bonds. The Bertz CT molecular complexity index is 457. The molecule has 1 aliphatic heterocycles. The second-order valence-corrected chi connectivity index (χ2v) is 5.79. The summed E-state index contributed by atoms with van der Waals surface area (Å²) in [6.45, 7) is 8.04. The van der Waals surface area contributed by atoms with E-state index in [1.165, 1.54) is 0 Å². The Labute approximate surface area is 126 Å². The average molecular weight is 293 g/mol. The third kappa shape index (κ3) is 3.64. The highest BCUT2D eigenvalue weighted by Crippen LogP contribution is 2.16. The van der Waals surface area contributed by atoms with Gasteiger partial charge in [0.05, 0.1) is 17.2 Å². The summed E-state index contributed by atoms with van der Waals surface area (Å²) in [5, 5.41) is 8.24. The number of thiocarbonyl (C=S) groups is 1. The molecule has 1 fully saturated rings. The average Bonchev–Trinajstić information content (AvgIpc) is 2.45. The summed E-state index contributed by atoms with van der Waals surface area (Å²) < 4.78 is 0. The van der Waals surface area contributed by atoms with Crippen LogP contribution in [0.3, 0.4) is 0 Å². The first kappa shape index (κ1) is 15.1. The molecule has 1 unspecified atom stereocenters. The van der Waals surface area contributed by atoms with Gasteiger partial charge in [0, 0.05) is 26.2 Å². The lowest BCUT2D eigenvalue weighted by Gasteiger charge is -2.39. The highest BCUT2D eigenvalue weighted by atomic mass is 32.1. The summed E-state index contributed by atoms with van der Waals surface area (Å²) >= 11 is 5.20. The summed E-state index contributed by atoms with van der Waals surface area (Å²) in [5.74, 6) is 0.965. The largest absolute Gasteiger partial charge is 0.392 e. The third-order valence-electron chi connectivity index (χ3n) is 3.75. The Morgan fingerprint density at radius 3 is 2.65 bits per heavy atom. The van der Waals surface area contributed by atoms with Crippen LogP contribution < -0.4 is 10.6 Å². The maximum atomic E-state index is 5.87. The molecule has 1 aromatic rings. The van der Waals surface area contributed by atoms with Crippen molar-refractivity contribution in [3.63, 3.8) is 0 Å². The summed E-state index contributed by atoms with van der Waals surface area (Å²) in [6, 6.07) is 2.32. The topological polar surface area (TPSA) is 58.3 Å². The van der Waals surface area contributed by atoms with Crippen LogP contribution in [0.25, 0.3) is 0 Å². The molecule has 0 spiro atoms. The SMILES string of the molecule is CCCC(C(N)=S)N1CCN(c2cc(C)cnn2)CC1. The number of hydrogen-bond donors (Lipinski definition) is 1. The van der Waals surface area contributed by atoms with Crippen molar-refractivity contribution in [1.82, 2.24) is 15.1 Å². The molecular formula is C14H23N5S. The van der Waals surface area contributed by atoms with E-state index in [-0.39, 0.29) is 6.04 Å². The molecular weight excluding hydrogens is 270 g/mol. The van der Waals surface area contributed by atoms with Crippen LogP contribution >= 0.6 is 12.2 Å². The number of rotatable bonds is 5. The lowest BCUT2D eigenvalue weighted by Crippen LogP contribution is -2.54. The Balaban J connectivity index is 1.96. The predicted molar refractivity (Wildman–Crippen MR) is 86.0 cm³/mol. The third-order valence-corrected chi connectivity index (χ3v) is 4.02. The van der Waals surface area contributed by atoms with E-state index in [0.29, 0.717) is 4.99 Å². The first-order chi connectivity index (χ1) is 9.61. The van der Waals surface area contributed by atoms with Crippen LogP contribution in [0.2, 0.25) is 0 Å². The Kier molecular flexibility index (Phi) is 5.25. The molecule has 0 aliphatic carbocycles. The van der Waals surface area contributed by atoms with Gasteiger partial charge in [-0.15, -0.1) is 5.10 Å². The first-order valence-electron chi connectivity index (χ1n) is 7.19. The van der Waals surface area contributed by atoms with Crippen LogP contribution in [-0.4, -0.2) is 52.3 Å². The predicted octanol–water partition coefficient (Wildman–Crippen LogP) is 1.36. The molecule has 1 aliphatic rings. The van der Waals surface area contributed by atoms with Gasteiger partial charge in [-0.2, -0.15) is 5.10 Å². The minimum atomic E-state index is 0.237. The number of nitrogens with zero attached hydrogens (tertiary/aromatic N) is 4. The molecule has 0 aromatic carbocycles. The standard InChI is InChI=1S/C14H23N5S/c1-3-4-12(14(15)20)18-5-7-19(8-6-18)13-9-11(2)10-16-17-13/h9-10,12H,3-8H2,1-2H3,(H2,15,20). The van der Waals surface area contributed by atoms with Crippen molar-refractivity contribution >= 4 is 23.0 Å². The highest BCUT2D eigenvalue weighted by molar-refractivity contribution is 7.80. The van der Waals surface area contributed by atoms with Crippen LogP contribution in [-0.2, 0) is 0 Å². The van der Waals surface area contributed by atoms with Crippen molar-refractivity contribution in [1.29, 1.82) is 0 Å². The van der Waals surface area contributed by atoms with E-state index in [0.717, 1.165) is 50.4 Å². The Morgan fingerprint density at radius 2 is 2.10 bits per heavy atom. The zero-order valence-corrected chi connectivity index (χ0v) is 13.1. The van der Waals surface area contributed by atoms with E-state index >= 15 is 0 Å². The second kappa shape index (κ2) is 6.95. The molecule has 1 aromatic heterocycles. The monoisotopic (exact) mass is 293 g/mol. The number of hydrogen-bond acceptors (Lipinski definition) is 5. The van der Waals surface area contributed by atoms with E-state index in [1.54, 1.807) is 6.20 Å². The van der Waals surface area contributed by atoms with Crippen LogP contribution in [0.1, 0.15) is 25.3 Å². The number of aryl methyl sites for hydroxylation is 1. The van der Waals surface area contributed by atoms with Crippen molar-refractivity contribution in [3.8, 4) is 0 Å². The Hall–Kier alpha value is -1.27. The van der Waals surface area contributed by atoms with Gasteiger partial charge in [-0.25, -0.2) is 0 Å². The quantitative estimate of drug-likeness (QED) is 0.827. The maximum absolute atomic E-state index is 5.87. The van der Waals surface area contributed by atoms with Crippen LogP contribution in [0.4, 0.5) is 5.82 Å². The molecule has 110 valence electrons. The number of aromatic nitrogens is 2. The fourth-order valence-electron chi connectivity index (χ4n) is 2.64. The molecule has 1 saturated heterocycles. The highest BCUT2D eigenvalue weighted by Gasteiger charge is 2.25. The minimum absolute atomic E-state index is 0.237. The smallest absolute Gasteiger partial charge is 0.151 e. The van der Waals surface area contributed by atoms with Gasteiger partial charge in [0.1, 0.15) is 0 Å². The molecule has 2 heterocycles. The molecule has 5 nitrogen and oxygen atoms in total. The molecule has 2 rings (SSSR count). The van der Waals surface area contributed by atoms with Crippen molar-refractivity contribution < 1.29 is 0 Å². The van der Waals surface area contributed by atoms with E-state index in [1.807, 2.05) is 6.92 Å². The summed E-state index contributed by atoms with van der Waals surface area (Å²) in [6.07, 6.45) is 3.93. The number of nitrogens with two attached hydrogens (primary N) is 1. The zero-order valence-electron chi connectivity index (χ0n) is 12.2. The van der Waals surface area contributed by atoms with Gasteiger partial charge in [0.25, 0.3) is 0 Å². The minimum Gasteiger partial charge on any atom is -0.392 e. The lowest BCUT2D eigenvalue weighted by atomic mass is 10.1. The zero-order chi connectivity index (χ0) is 14.5. The van der Waals surface area contributed by atoms with Crippen LogP contribution in [0, 0.1) is 6.92 Å². The summed E-state index contributed by atoms with van der Waals surface area (Å²) in [4.78, 5) is 5.29. The van der Waals surface area contributed by atoms with Gasteiger partial charge in [-0.3, -0.25) is 4.90 Å². The van der Waals surface area contributed by atoms with E-state index < -0.39 is 0 Å². The van der Waals surface area contributed by atoms with Gasteiger partial charge in [-0.05, 0) is 25.0 Å². The van der Waals surface area contributed by atoms with Crippen molar-refractivity contribution in [3.05, 3.63) is 17.8 Å². The number of piperazine rings is 1. The van der Waals surface area contributed by atoms with Gasteiger partial charge < -0.3 is 10.6 Å². The van der Waals surface area contributed by atoms with Crippen molar-refractivity contribution in [2.45, 2.75) is 32.7 Å². The van der Waals surface area contributed by atoms with E-state index in [2.05, 4.69) is 33.0 Å². The fourth-order valence-corrected chi connectivity index (χ4v) is 2.91. The molecule has 0 saturated carbocycles. The fraction of sp³-hybridized carbons (Fsp3) is 0.643. The molecule has 6 heteroatoms. The normalized spacial score (nSPS) is 18.0. The molecule has 2 N–H and O–H groups in total. The maximum Gasteiger partial charge on any atom is 0.151 e. The summed E-state index contributed by atoms with van der Waals surface area (Å²) in [7, 11) is 0. The Morgan fingerprint density at radius 1 is 1.40 bits per heavy atom. The summed E-state index contributed by atoms with van der Waals surface area (Å²) in [5.41, 5.74) is 7.02. The molecule has 1 atom stereocenters. The van der Waals surface area contributed by atoms with Crippen LogP contribution in [0.15, 0.2) is 12.3 Å². The van der Waals surface area contributed by atoms with E-state index in [4.69, 9.17) is 18.0 Å². The van der Waals surface area contributed by atoms with Crippen molar-refractivity contribution in [2.24, 2.45) is 5.73 Å². The van der Waals surface area contributed by atoms with Gasteiger partial charge in [-0.1, -0.05) is 25.6 Å². The van der Waals surface area contributed by atoms with Gasteiger partial charge in [0.2, 0.25) is 0 Å². The van der Waals surface area contributed by atoms with Gasteiger partial charge in [0.15, 0.2) is 5.82 Å². The van der Waals surface area contributed by atoms with Crippen molar-refractivity contribution in [2.75, 3.05) is 31.1 Å². The first-order valence-corrected chi connectivity index (χ1v) is 7.60. The lowest BCUT2D eigenvalue weighted by molar-refractivity contribution is 0.219. The van der Waals surface area contributed by atoms with E-state index in [9.17, 15) is 0 Å². The molecule has 0 radical (unpaired) electrons. The second-order valence-electron chi connectivity index (χ2n) is 5.32. The molecule has 0 bridgehead atoms. The van der Waals surface area contributed by atoms with Crippen LogP contribution in [0.5, 0.6) is 0 Å². The van der Waals surface area contributed by atoms with Gasteiger partial charge >= 0.3 is 0 Å².